The van der Waals surface area contributed by atoms with Gasteiger partial charge >= 0.3 is 11.9 Å². The molecule has 1 aromatic carbocycles. The van der Waals surface area contributed by atoms with Crippen molar-refractivity contribution in [3.63, 3.8) is 0 Å². The molecule has 6 heteroatoms. The third-order valence-electron chi connectivity index (χ3n) is 3.12. The topological polar surface area (TPSA) is 69.7 Å². The van der Waals surface area contributed by atoms with Gasteiger partial charge in [0.1, 0.15) is 0 Å². The van der Waals surface area contributed by atoms with Gasteiger partial charge in [0.05, 0.1) is 5.69 Å². The molecule has 20 heavy (non-hydrogen) atoms. The van der Waals surface area contributed by atoms with Crippen molar-refractivity contribution >= 4 is 23.9 Å². The quantitative estimate of drug-likeness (QED) is 0.842. The van der Waals surface area contributed by atoms with E-state index in [0.29, 0.717) is 5.69 Å². The molecule has 2 rings (SSSR count). The number of carbonyl (C=O) groups is 2. The van der Waals surface area contributed by atoms with Crippen LogP contribution < -0.4 is 10.3 Å². The van der Waals surface area contributed by atoms with Crippen LogP contribution in [0.25, 0.3) is 0 Å². The number of amides is 3. The summed E-state index contributed by atoms with van der Waals surface area (Å²) in [5.41, 5.74) is 0.658. The smallest absolute Gasteiger partial charge is 0.279 e. The van der Waals surface area contributed by atoms with Gasteiger partial charge in [-0.15, -0.1) is 0 Å². The first-order valence-corrected chi connectivity index (χ1v) is 6.55. The maximum atomic E-state index is 12.2. The number of rotatable bonds is 3. The Morgan fingerprint density at radius 1 is 1.10 bits per heavy atom. The molecule has 1 saturated heterocycles. The molecular weight excluding hydrogens is 258 g/mol. The Balaban J connectivity index is 2.21. The van der Waals surface area contributed by atoms with E-state index in [-0.39, 0.29) is 0 Å². The molecule has 0 unspecified atom stereocenters. The van der Waals surface area contributed by atoms with Crippen LogP contribution in [0.2, 0.25) is 0 Å². The van der Waals surface area contributed by atoms with Crippen molar-refractivity contribution in [3.05, 3.63) is 30.3 Å². The summed E-state index contributed by atoms with van der Waals surface area (Å²) < 4.78 is 0. The number of nitrogens with one attached hydrogen (secondary N) is 1. The summed E-state index contributed by atoms with van der Waals surface area (Å²) in [5, 5.41) is 5.30. The maximum Gasteiger partial charge on any atom is 0.343 e. The maximum absolute atomic E-state index is 12.2. The molecule has 3 amide bonds. The Morgan fingerprint density at radius 2 is 1.75 bits per heavy atom. The van der Waals surface area contributed by atoms with Crippen molar-refractivity contribution in [1.29, 1.82) is 0 Å². The number of benzene rings is 1. The normalized spacial score (nSPS) is 15.4. The van der Waals surface area contributed by atoms with Gasteiger partial charge < -0.3 is 0 Å². The minimum Gasteiger partial charge on any atom is -0.279 e. The zero-order valence-electron chi connectivity index (χ0n) is 11.0. The number of hydrogen-bond donors (Lipinski definition) is 1. The number of piperidine rings is 1. The summed E-state index contributed by atoms with van der Waals surface area (Å²) in [6.07, 6.45) is 4.25. The van der Waals surface area contributed by atoms with E-state index in [1.165, 1.54) is 5.01 Å². The van der Waals surface area contributed by atoms with Crippen molar-refractivity contribution in [2.24, 2.45) is 0 Å². The predicted molar refractivity (Wildman–Crippen MR) is 73.6 cm³/mol. The Morgan fingerprint density at radius 3 is 2.35 bits per heavy atom. The van der Waals surface area contributed by atoms with Crippen LogP contribution in [-0.4, -0.2) is 36.3 Å². The fraction of sp³-hybridized carbons (Fsp3) is 0.357. The fourth-order valence-electron chi connectivity index (χ4n) is 2.23. The van der Waals surface area contributed by atoms with Crippen LogP contribution in [0.1, 0.15) is 19.3 Å². The second-order valence-electron chi connectivity index (χ2n) is 4.52. The molecular formula is C14H16N3O3. The first kappa shape index (κ1) is 14.2. The van der Waals surface area contributed by atoms with E-state index in [1.54, 1.807) is 12.1 Å². The van der Waals surface area contributed by atoms with Crippen molar-refractivity contribution in [2.75, 3.05) is 18.1 Å². The van der Waals surface area contributed by atoms with Gasteiger partial charge in [-0.2, -0.15) is 0 Å². The van der Waals surface area contributed by atoms with Gasteiger partial charge in [0, 0.05) is 13.1 Å². The second kappa shape index (κ2) is 6.81. The summed E-state index contributed by atoms with van der Waals surface area (Å²) >= 11 is 0. The van der Waals surface area contributed by atoms with Crippen LogP contribution in [0.3, 0.4) is 0 Å². The highest BCUT2D eigenvalue weighted by molar-refractivity contribution is 6.28. The highest BCUT2D eigenvalue weighted by Crippen LogP contribution is 2.20. The molecule has 0 atom stereocenters. The van der Waals surface area contributed by atoms with E-state index in [4.69, 9.17) is 0 Å². The predicted octanol–water partition coefficient (Wildman–Crippen LogP) is 1.24. The zero-order chi connectivity index (χ0) is 14.4. The lowest BCUT2D eigenvalue weighted by atomic mass is 10.1. The molecule has 0 spiro atoms. The number of nitrogens with zero attached hydrogens (tertiary/aromatic N) is 2. The van der Waals surface area contributed by atoms with E-state index in [9.17, 15) is 14.4 Å². The van der Waals surface area contributed by atoms with E-state index >= 15 is 0 Å². The lowest BCUT2D eigenvalue weighted by Gasteiger charge is -2.36. The lowest BCUT2D eigenvalue weighted by Crippen LogP contribution is -2.54. The molecule has 1 radical (unpaired) electrons. The summed E-state index contributed by atoms with van der Waals surface area (Å²) in [4.78, 5) is 33.5. The van der Waals surface area contributed by atoms with Crippen LogP contribution in [0.15, 0.2) is 30.3 Å². The Bertz CT molecular complexity index is 484. The number of para-hydroxylation sites is 1. The minimum absolute atomic E-state index is 0.633. The van der Waals surface area contributed by atoms with Crippen LogP contribution in [0, 0.1) is 0 Å². The van der Waals surface area contributed by atoms with Gasteiger partial charge in [0.2, 0.25) is 0 Å². The van der Waals surface area contributed by atoms with Crippen molar-refractivity contribution in [3.8, 4) is 0 Å². The van der Waals surface area contributed by atoms with Gasteiger partial charge in [0.25, 0.3) is 6.29 Å². The highest BCUT2D eigenvalue weighted by atomic mass is 16.2. The standard InChI is InChI=1S/C14H16N3O3/c18-11-13(19)15-14(20)17(12-7-3-1-4-8-12)16-9-5-2-6-10-16/h1,3-4,7-8H,2,5-6,9-10H2,(H,15,19,20). The molecule has 1 aliphatic heterocycles. The SMILES string of the molecule is O=[C]C(=O)NC(=O)N(c1ccccc1)N1CCCCC1. The molecule has 1 fully saturated rings. The minimum atomic E-state index is -1.06. The molecule has 0 aliphatic carbocycles. The number of hydrogen-bond acceptors (Lipinski definition) is 4. The van der Waals surface area contributed by atoms with Crippen LogP contribution in [0.4, 0.5) is 10.5 Å². The Kier molecular flexibility index (Phi) is 4.84. The fourth-order valence-corrected chi connectivity index (χ4v) is 2.23. The third-order valence-corrected chi connectivity index (χ3v) is 3.12. The van der Waals surface area contributed by atoms with Crippen LogP contribution >= 0.6 is 0 Å². The largest absolute Gasteiger partial charge is 0.343 e. The average Bonchev–Trinajstić information content (AvgIpc) is 2.49. The first-order valence-electron chi connectivity index (χ1n) is 6.55. The van der Waals surface area contributed by atoms with Crippen molar-refractivity contribution in [1.82, 2.24) is 10.3 Å². The summed E-state index contributed by atoms with van der Waals surface area (Å²) in [7, 11) is 0. The summed E-state index contributed by atoms with van der Waals surface area (Å²) in [6, 6.07) is 8.40. The molecule has 6 nitrogen and oxygen atoms in total. The lowest BCUT2D eigenvalue weighted by molar-refractivity contribution is -0.113. The van der Waals surface area contributed by atoms with Crippen molar-refractivity contribution < 1.29 is 14.4 Å². The monoisotopic (exact) mass is 274 g/mol. The van der Waals surface area contributed by atoms with Gasteiger partial charge in [-0.25, -0.2) is 14.8 Å². The number of hydrazine groups is 1. The first-order chi connectivity index (χ1) is 9.72. The molecule has 1 N–H and O–H groups in total. The molecule has 0 saturated carbocycles. The van der Waals surface area contributed by atoms with Gasteiger partial charge in [-0.05, 0) is 25.0 Å². The molecule has 1 aliphatic rings. The Hall–Kier alpha value is -2.21. The zero-order valence-corrected chi connectivity index (χ0v) is 11.0. The van der Waals surface area contributed by atoms with Crippen molar-refractivity contribution in [2.45, 2.75) is 19.3 Å². The number of anilines is 1. The van der Waals surface area contributed by atoms with E-state index in [0.717, 1.165) is 38.6 Å². The van der Waals surface area contributed by atoms with Crippen LogP contribution in [0.5, 0.6) is 0 Å². The third kappa shape index (κ3) is 3.42. The number of carbonyl (C=O) groups excluding carboxylic acids is 3. The van der Waals surface area contributed by atoms with Gasteiger partial charge in [-0.1, -0.05) is 24.6 Å². The molecule has 0 bridgehead atoms. The number of imide groups is 1. The molecule has 1 heterocycles. The second-order valence-corrected chi connectivity index (χ2v) is 4.52. The van der Waals surface area contributed by atoms with E-state index < -0.39 is 11.9 Å². The molecule has 105 valence electrons. The Labute approximate surface area is 117 Å². The molecule has 1 aromatic rings. The highest BCUT2D eigenvalue weighted by Gasteiger charge is 2.25. The molecule has 0 aromatic heterocycles. The van der Waals surface area contributed by atoms with E-state index in [2.05, 4.69) is 0 Å². The summed E-state index contributed by atoms with van der Waals surface area (Å²) in [6.45, 7) is 1.47. The average molecular weight is 274 g/mol. The summed E-state index contributed by atoms with van der Waals surface area (Å²) in [5.74, 6) is -1.06. The van der Waals surface area contributed by atoms with Crippen LogP contribution in [-0.2, 0) is 9.59 Å². The van der Waals surface area contributed by atoms with Gasteiger partial charge in [-0.3, -0.25) is 14.9 Å². The number of urea groups is 1. The van der Waals surface area contributed by atoms with E-state index in [1.807, 2.05) is 28.5 Å². The van der Waals surface area contributed by atoms with Gasteiger partial charge in [0.15, 0.2) is 0 Å².